The van der Waals surface area contributed by atoms with Crippen LogP contribution in [0, 0.1) is 0 Å². The number of rotatable bonds is 16. The van der Waals surface area contributed by atoms with E-state index in [9.17, 15) is 4.79 Å². The SMILES string of the molecule is CCCCOC(=O)c1ccc(OCCCCCCCCCCCO)cc1. The van der Waals surface area contributed by atoms with Crippen molar-refractivity contribution in [2.45, 2.75) is 77.6 Å². The van der Waals surface area contributed by atoms with Gasteiger partial charge in [0.25, 0.3) is 0 Å². The van der Waals surface area contributed by atoms with Gasteiger partial charge in [-0.15, -0.1) is 0 Å². The van der Waals surface area contributed by atoms with Crippen molar-refractivity contribution in [2.24, 2.45) is 0 Å². The van der Waals surface area contributed by atoms with Crippen molar-refractivity contribution in [1.29, 1.82) is 0 Å². The third-order valence-corrected chi connectivity index (χ3v) is 4.39. The van der Waals surface area contributed by atoms with Gasteiger partial charge in [0.15, 0.2) is 0 Å². The van der Waals surface area contributed by atoms with Gasteiger partial charge in [0.1, 0.15) is 5.75 Å². The molecule has 0 unspecified atom stereocenters. The smallest absolute Gasteiger partial charge is 0.338 e. The van der Waals surface area contributed by atoms with Gasteiger partial charge in [-0.25, -0.2) is 4.79 Å². The Hall–Kier alpha value is -1.55. The molecule has 0 aromatic heterocycles. The summed E-state index contributed by atoms with van der Waals surface area (Å²) in [7, 11) is 0. The Balaban J connectivity index is 2.03. The average molecular weight is 365 g/mol. The van der Waals surface area contributed by atoms with E-state index < -0.39 is 0 Å². The van der Waals surface area contributed by atoms with Gasteiger partial charge in [-0.2, -0.15) is 0 Å². The number of ether oxygens (including phenoxy) is 2. The molecule has 0 fully saturated rings. The van der Waals surface area contributed by atoms with E-state index in [-0.39, 0.29) is 5.97 Å². The predicted molar refractivity (Wildman–Crippen MR) is 106 cm³/mol. The lowest BCUT2D eigenvalue weighted by Crippen LogP contribution is -2.06. The van der Waals surface area contributed by atoms with Crippen LogP contribution in [0.1, 0.15) is 87.9 Å². The molecule has 0 spiro atoms. The molecular weight excluding hydrogens is 328 g/mol. The zero-order valence-corrected chi connectivity index (χ0v) is 16.4. The van der Waals surface area contributed by atoms with E-state index in [0.717, 1.165) is 44.5 Å². The van der Waals surface area contributed by atoms with Crippen molar-refractivity contribution >= 4 is 5.97 Å². The Labute approximate surface area is 158 Å². The van der Waals surface area contributed by atoms with E-state index in [0.29, 0.717) is 18.8 Å². The molecule has 4 nitrogen and oxygen atoms in total. The second kappa shape index (κ2) is 15.7. The zero-order chi connectivity index (χ0) is 18.9. The molecule has 0 aliphatic heterocycles. The van der Waals surface area contributed by atoms with Crippen LogP contribution < -0.4 is 4.74 Å². The number of aliphatic hydroxyl groups is 1. The van der Waals surface area contributed by atoms with Crippen LogP contribution in [0.4, 0.5) is 0 Å². The first-order valence-corrected chi connectivity index (χ1v) is 10.3. The highest BCUT2D eigenvalue weighted by molar-refractivity contribution is 5.89. The molecular formula is C22H36O4. The fourth-order valence-electron chi connectivity index (χ4n) is 2.72. The monoisotopic (exact) mass is 364 g/mol. The fraction of sp³-hybridized carbons (Fsp3) is 0.682. The maximum Gasteiger partial charge on any atom is 0.338 e. The molecule has 0 atom stereocenters. The van der Waals surface area contributed by atoms with Crippen LogP contribution in [0.3, 0.4) is 0 Å². The van der Waals surface area contributed by atoms with Crippen LogP contribution in [0.2, 0.25) is 0 Å². The molecule has 148 valence electrons. The predicted octanol–water partition coefficient (Wildman–Crippen LogP) is 5.53. The van der Waals surface area contributed by atoms with Crippen LogP contribution >= 0.6 is 0 Å². The first-order valence-electron chi connectivity index (χ1n) is 10.3. The Morgan fingerprint density at radius 3 is 1.96 bits per heavy atom. The van der Waals surface area contributed by atoms with Crippen molar-refractivity contribution in [2.75, 3.05) is 19.8 Å². The molecule has 0 bridgehead atoms. The maximum absolute atomic E-state index is 11.8. The lowest BCUT2D eigenvalue weighted by Gasteiger charge is -2.08. The summed E-state index contributed by atoms with van der Waals surface area (Å²) in [5.74, 6) is 0.542. The van der Waals surface area contributed by atoms with Gasteiger partial charge in [0, 0.05) is 6.61 Å². The van der Waals surface area contributed by atoms with Crippen molar-refractivity contribution in [1.82, 2.24) is 0 Å². The highest BCUT2D eigenvalue weighted by Crippen LogP contribution is 2.14. The Bertz CT molecular complexity index is 456. The highest BCUT2D eigenvalue weighted by atomic mass is 16.5. The van der Waals surface area contributed by atoms with Crippen molar-refractivity contribution < 1.29 is 19.4 Å². The summed E-state index contributed by atoms with van der Waals surface area (Å²) in [5.41, 5.74) is 0.576. The van der Waals surface area contributed by atoms with Gasteiger partial charge >= 0.3 is 5.97 Å². The molecule has 26 heavy (non-hydrogen) atoms. The lowest BCUT2D eigenvalue weighted by atomic mass is 10.1. The maximum atomic E-state index is 11.8. The van der Waals surface area contributed by atoms with Crippen LogP contribution in [-0.2, 0) is 4.74 Å². The van der Waals surface area contributed by atoms with Crippen LogP contribution in [0.15, 0.2) is 24.3 Å². The van der Waals surface area contributed by atoms with Gasteiger partial charge in [-0.05, 0) is 43.5 Å². The van der Waals surface area contributed by atoms with Gasteiger partial charge in [0.2, 0.25) is 0 Å². The summed E-state index contributed by atoms with van der Waals surface area (Å²) in [4.78, 5) is 11.8. The third kappa shape index (κ3) is 11.1. The number of esters is 1. The number of aliphatic hydroxyl groups excluding tert-OH is 1. The van der Waals surface area contributed by atoms with Crippen LogP contribution in [-0.4, -0.2) is 30.9 Å². The molecule has 0 heterocycles. The molecule has 0 amide bonds. The van der Waals surface area contributed by atoms with Crippen molar-refractivity contribution in [3.8, 4) is 5.75 Å². The second-order valence-electron chi connectivity index (χ2n) is 6.77. The van der Waals surface area contributed by atoms with Gasteiger partial charge < -0.3 is 14.6 Å². The third-order valence-electron chi connectivity index (χ3n) is 4.39. The molecule has 0 aliphatic carbocycles. The number of carbonyl (C=O) groups is 1. The van der Waals surface area contributed by atoms with E-state index in [4.69, 9.17) is 14.6 Å². The number of hydrogen-bond donors (Lipinski definition) is 1. The Morgan fingerprint density at radius 2 is 1.38 bits per heavy atom. The minimum atomic E-state index is -0.263. The largest absolute Gasteiger partial charge is 0.494 e. The first kappa shape index (κ1) is 22.5. The molecule has 1 aromatic rings. The Morgan fingerprint density at radius 1 is 0.808 bits per heavy atom. The summed E-state index contributed by atoms with van der Waals surface area (Å²) >= 11 is 0. The normalized spacial score (nSPS) is 10.7. The second-order valence-corrected chi connectivity index (χ2v) is 6.77. The van der Waals surface area contributed by atoms with E-state index in [1.54, 1.807) is 12.1 Å². The minimum absolute atomic E-state index is 0.263. The topological polar surface area (TPSA) is 55.8 Å². The Kier molecular flexibility index (Phi) is 13.6. The van der Waals surface area contributed by atoms with E-state index in [2.05, 4.69) is 6.92 Å². The number of carbonyl (C=O) groups excluding carboxylic acids is 1. The van der Waals surface area contributed by atoms with E-state index in [1.165, 1.54) is 38.5 Å². The molecule has 0 radical (unpaired) electrons. The summed E-state index contributed by atoms with van der Waals surface area (Å²) in [6, 6.07) is 7.20. The average Bonchev–Trinajstić information content (AvgIpc) is 2.66. The number of unbranched alkanes of at least 4 members (excludes halogenated alkanes) is 9. The van der Waals surface area contributed by atoms with Crippen LogP contribution in [0.5, 0.6) is 5.75 Å². The number of benzene rings is 1. The van der Waals surface area contributed by atoms with E-state index >= 15 is 0 Å². The zero-order valence-electron chi connectivity index (χ0n) is 16.4. The molecule has 1 aromatic carbocycles. The van der Waals surface area contributed by atoms with Crippen LogP contribution in [0.25, 0.3) is 0 Å². The fourth-order valence-corrected chi connectivity index (χ4v) is 2.72. The quantitative estimate of drug-likeness (QED) is 0.310. The van der Waals surface area contributed by atoms with Gasteiger partial charge in [0.05, 0.1) is 18.8 Å². The summed E-state index contributed by atoms with van der Waals surface area (Å²) in [5, 5.41) is 8.72. The summed E-state index contributed by atoms with van der Waals surface area (Å²) in [6.45, 7) is 3.60. The standard InChI is InChI=1S/C22H36O4/c1-2-3-18-26-22(24)20-13-15-21(16-14-20)25-19-12-10-8-6-4-5-7-9-11-17-23/h13-16,23H,2-12,17-19H2,1H3. The van der Waals surface area contributed by atoms with Gasteiger partial charge in [-0.1, -0.05) is 58.3 Å². The van der Waals surface area contributed by atoms with Gasteiger partial charge in [-0.3, -0.25) is 0 Å². The molecule has 4 heteroatoms. The van der Waals surface area contributed by atoms with E-state index in [1.807, 2.05) is 12.1 Å². The summed E-state index contributed by atoms with van der Waals surface area (Å²) in [6.07, 6.45) is 12.6. The molecule has 0 saturated carbocycles. The number of hydrogen-bond acceptors (Lipinski definition) is 4. The van der Waals surface area contributed by atoms with Crippen molar-refractivity contribution in [3.05, 3.63) is 29.8 Å². The first-order chi connectivity index (χ1) is 12.8. The minimum Gasteiger partial charge on any atom is -0.494 e. The molecule has 1 rings (SSSR count). The molecule has 0 saturated heterocycles. The van der Waals surface area contributed by atoms with Crippen molar-refractivity contribution in [3.63, 3.8) is 0 Å². The molecule has 0 aliphatic rings. The summed E-state index contributed by atoms with van der Waals surface area (Å²) < 4.78 is 10.9. The molecule has 1 N–H and O–H groups in total. The lowest BCUT2D eigenvalue weighted by molar-refractivity contribution is 0.0499. The highest BCUT2D eigenvalue weighted by Gasteiger charge is 2.06.